The normalized spacial score (nSPS) is 12.6. The molecule has 0 bridgehead atoms. The van der Waals surface area contributed by atoms with Crippen LogP contribution in [0.1, 0.15) is 13.8 Å². The molecule has 0 spiro atoms. The quantitative estimate of drug-likeness (QED) is 0.368. The minimum atomic E-state index is -0.786. The van der Waals surface area contributed by atoms with Crippen molar-refractivity contribution in [2.45, 2.75) is 20.1 Å². The van der Waals surface area contributed by atoms with Crippen molar-refractivity contribution >= 4 is 11.4 Å². The molecule has 1 N–H and O–H groups in total. The van der Waals surface area contributed by atoms with Gasteiger partial charge in [0.2, 0.25) is 0 Å². The van der Waals surface area contributed by atoms with E-state index in [-0.39, 0.29) is 11.4 Å². The van der Waals surface area contributed by atoms with Gasteiger partial charge in [-0.3, -0.25) is 15.1 Å². The zero-order valence-corrected chi connectivity index (χ0v) is 9.65. The number of aliphatic hydroxyl groups excluding tert-OH is 1. The number of hydrogen-bond acceptors (Lipinski definition) is 5. The van der Waals surface area contributed by atoms with E-state index in [0.29, 0.717) is 6.54 Å². The maximum atomic E-state index is 10.7. The predicted octanol–water partition coefficient (Wildman–Crippen LogP) is 2.25. The van der Waals surface area contributed by atoms with E-state index in [0.717, 1.165) is 0 Å². The van der Waals surface area contributed by atoms with Crippen LogP contribution in [0.3, 0.4) is 0 Å². The van der Waals surface area contributed by atoms with Gasteiger partial charge in [-0.15, -0.1) is 5.11 Å². The molecule has 0 saturated heterocycles. The van der Waals surface area contributed by atoms with Gasteiger partial charge in [0.25, 0.3) is 5.69 Å². The van der Waals surface area contributed by atoms with Crippen molar-refractivity contribution in [1.82, 2.24) is 5.01 Å². The molecule has 1 aromatic carbocycles. The van der Waals surface area contributed by atoms with E-state index in [2.05, 4.69) is 10.3 Å². The average Bonchev–Trinajstić information content (AvgIpc) is 2.29. The lowest BCUT2D eigenvalue weighted by Crippen LogP contribution is -2.26. The Morgan fingerprint density at radius 1 is 1.53 bits per heavy atom. The van der Waals surface area contributed by atoms with Crippen LogP contribution >= 0.6 is 0 Å². The summed E-state index contributed by atoms with van der Waals surface area (Å²) in [4.78, 5) is 10.2. The van der Waals surface area contributed by atoms with Gasteiger partial charge in [-0.2, -0.15) is 0 Å². The maximum Gasteiger partial charge on any atom is 0.296 e. The molecule has 0 saturated carbocycles. The maximum absolute atomic E-state index is 10.7. The minimum Gasteiger partial charge on any atom is -0.372 e. The molecule has 0 aliphatic rings. The van der Waals surface area contributed by atoms with Crippen molar-refractivity contribution in [1.29, 1.82) is 0 Å². The fourth-order valence-corrected chi connectivity index (χ4v) is 1.21. The Morgan fingerprint density at radius 3 is 2.71 bits per heavy atom. The lowest BCUT2D eigenvalue weighted by atomic mass is 10.3. The van der Waals surface area contributed by atoms with Crippen LogP contribution in [0.4, 0.5) is 11.4 Å². The van der Waals surface area contributed by atoms with Gasteiger partial charge < -0.3 is 5.11 Å². The minimum absolute atomic E-state index is 0.113. The molecule has 0 radical (unpaired) electrons. The highest BCUT2D eigenvalue weighted by Gasteiger charge is 2.12. The predicted molar refractivity (Wildman–Crippen MR) is 61.7 cm³/mol. The molecule has 0 aliphatic heterocycles. The first-order valence-corrected chi connectivity index (χ1v) is 5.16. The van der Waals surface area contributed by atoms with Gasteiger partial charge in [-0.05, 0) is 19.9 Å². The van der Waals surface area contributed by atoms with Crippen molar-refractivity contribution in [3.8, 4) is 0 Å². The Morgan fingerprint density at radius 2 is 2.18 bits per heavy atom. The zero-order chi connectivity index (χ0) is 12.8. The lowest BCUT2D eigenvalue weighted by molar-refractivity contribution is -0.384. The Balaban J connectivity index is 2.94. The van der Waals surface area contributed by atoms with Crippen molar-refractivity contribution in [3.63, 3.8) is 0 Å². The number of nitro groups is 1. The van der Waals surface area contributed by atoms with Gasteiger partial charge in [-0.25, -0.2) is 0 Å². The van der Waals surface area contributed by atoms with Gasteiger partial charge in [0.1, 0.15) is 6.23 Å². The average molecular weight is 238 g/mol. The van der Waals surface area contributed by atoms with Crippen LogP contribution in [-0.4, -0.2) is 27.8 Å². The molecule has 1 aromatic rings. The molecule has 17 heavy (non-hydrogen) atoms. The molecule has 0 heterocycles. The number of para-hydroxylation sites is 1. The van der Waals surface area contributed by atoms with Crippen molar-refractivity contribution < 1.29 is 10.0 Å². The first-order chi connectivity index (χ1) is 8.06. The van der Waals surface area contributed by atoms with E-state index < -0.39 is 11.2 Å². The Bertz CT molecular complexity index is 420. The van der Waals surface area contributed by atoms with Gasteiger partial charge in [-0.1, -0.05) is 17.4 Å². The number of nitro benzene ring substituents is 1. The van der Waals surface area contributed by atoms with Crippen LogP contribution in [0.2, 0.25) is 0 Å². The van der Waals surface area contributed by atoms with Crippen LogP contribution < -0.4 is 0 Å². The highest BCUT2D eigenvalue weighted by Crippen LogP contribution is 2.26. The van der Waals surface area contributed by atoms with Crippen LogP contribution in [0.5, 0.6) is 0 Å². The second kappa shape index (κ2) is 5.90. The molecular weight excluding hydrogens is 224 g/mol. The number of benzene rings is 1. The summed E-state index contributed by atoms with van der Waals surface area (Å²) in [6, 6.07) is 6.05. The van der Waals surface area contributed by atoms with Crippen LogP contribution in [0, 0.1) is 10.1 Å². The molecule has 0 fully saturated rings. The van der Waals surface area contributed by atoms with E-state index >= 15 is 0 Å². The molecule has 92 valence electrons. The van der Waals surface area contributed by atoms with Gasteiger partial charge >= 0.3 is 0 Å². The van der Waals surface area contributed by atoms with E-state index in [1.54, 1.807) is 26.0 Å². The topological polar surface area (TPSA) is 91.3 Å². The molecule has 1 rings (SSSR count). The van der Waals surface area contributed by atoms with Crippen molar-refractivity contribution in [3.05, 3.63) is 34.4 Å². The number of rotatable bonds is 5. The Kier molecular flexibility index (Phi) is 4.53. The molecule has 7 nitrogen and oxygen atoms in total. The summed E-state index contributed by atoms with van der Waals surface area (Å²) in [6.45, 7) is 3.80. The number of hydrogen-bond donors (Lipinski definition) is 1. The standard InChI is InChI=1S/C10H14N4O3/c1-3-13(8(2)15)12-11-9-6-4-5-7-10(9)14(16)17/h4-8,15H,3H2,1-2H3/b12-11+. The second-order valence-corrected chi connectivity index (χ2v) is 3.32. The van der Waals surface area contributed by atoms with E-state index in [1.807, 2.05) is 0 Å². The summed E-state index contributed by atoms with van der Waals surface area (Å²) in [7, 11) is 0. The van der Waals surface area contributed by atoms with Crippen LogP contribution in [0.15, 0.2) is 34.6 Å². The van der Waals surface area contributed by atoms with E-state index in [4.69, 9.17) is 0 Å². The fourth-order valence-electron chi connectivity index (χ4n) is 1.21. The summed E-state index contributed by atoms with van der Waals surface area (Å²) in [5.74, 6) is 0. The molecular formula is C10H14N4O3. The number of aliphatic hydroxyl groups is 1. The Hall–Kier alpha value is -2.02. The summed E-state index contributed by atoms with van der Waals surface area (Å²) in [5, 5.41) is 28.9. The monoisotopic (exact) mass is 238 g/mol. The number of nitrogens with zero attached hydrogens (tertiary/aromatic N) is 4. The van der Waals surface area contributed by atoms with Crippen LogP contribution in [-0.2, 0) is 0 Å². The first kappa shape index (κ1) is 13.0. The fraction of sp³-hybridized carbons (Fsp3) is 0.400. The highest BCUT2D eigenvalue weighted by molar-refractivity contribution is 5.56. The van der Waals surface area contributed by atoms with Crippen molar-refractivity contribution in [2.75, 3.05) is 6.54 Å². The third-order valence-corrected chi connectivity index (χ3v) is 2.10. The smallest absolute Gasteiger partial charge is 0.296 e. The lowest BCUT2D eigenvalue weighted by Gasteiger charge is -2.17. The van der Waals surface area contributed by atoms with Crippen LogP contribution in [0.25, 0.3) is 0 Å². The third-order valence-electron chi connectivity index (χ3n) is 2.10. The summed E-state index contributed by atoms with van der Waals surface area (Å²) < 4.78 is 0. The van der Waals surface area contributed by atoms with Gasteiger partial charge in [0, 0.05) is 12.6 Å². The Labute approximate surface area is 98.5 Å². The molecule has 1 atom stereocenters. The molecule has 0 amide bonds. The molecule has 0 aromatic heterocycles. The first-order valence-electron chi connectivity index (χ1n) is 5.16. The third kappa shape index (κ3) is 3.49. The second-order valence-electron chi connectivity index (χ2n) is 3.32. The largest absolute Gasteiger partial charge is 0.372 e. The van der Waals surface area contributed by atoms with Crippen molar-refractivity contribution in [2.24, 2.45) is 10.3 Å². The molecule has 0 aliphatic carbocycles. The van der Waals surface area contributed by atoms with Gasteiger partial charge in [0.05, 0.1) is 4.92 Å². The highest BCUT2D eigenvalue weighted by atomic mass is 16.6. The SMILES string of the molecule is CCN(/N=N/c1ccccc1[N+](=O)[O-])C(C)O. The van der Waals surface area contributed by atoms with E-state index in [9.17, 15) is 15.2 Å². The molecule has 7 heteroatoms. The van der Waals surface area contributed by atoms with E-state index in [1.165, 1.54) is 17.1 Å². The zero-order valence-electron chi connectivity index (χ0n) is 9.65. The molecule has 1 unspecified atom stereocenters. The summed E-state index contributed by atoms with van der Waals surface area (Å²) in [6.07, 6.45) is -0.786. The summed E-state index contributed by atoms with van der Waals surface area (Å²) in [5.41, 5.74) is 0.0505. The van der Waals surface area contributed by atoms with Gasteiger partial charge in [0.15, 0.2) is 5.69 Å². The summed E-state index contributed by atoms with van der Waals surface area (Å²) >= 11 is 0.